The van der Waals surface area contributed by atoms with Gasteiger partial charge in [0.05, 0.1) is 0 Å². The van der Waals surface area contributed by atoms with Crippen molar-refractivity contribution >= 4 is 35.8 Å². The molecule has 0 saturated carbocycles. The third-order valence-electron chi connectivity index (χ3n) is 4.11. The largest absolute Gasteiger partial charge is 0.356 e. The Morgan fingerprint density at radius 1 is 1.15 bits per heavy atom. The standard InChI is InChI=1S/C20H27N5O.HI/c1-15-13-22-11-9-17(15)10-12-23-20(21-2)24-14-16-5-7-18(8-6-16)19(26)25(3)4;/h5-9,11,13H,10,12,14H2,1-4H3,(H2,21,23,24);1H. The van der Waals surface area contributed by atoms with Gasteiger partial charge in [-0.05, 0) is 48.2 Å². The van der Waals surface area contributed by atoms with E-state index >= 15 is 0 Å². The maximum atomic E-state index is 11.9. The Kier molecular flexibility index (Phi) is 9.77. The number of aromatic nitrogens is 1. The fraction of sp³-hybridized carbons (Fsp3) is 0.350. The van der Waals surface area contributed by atoms with Crippen molar-refractivity contribution in [2.45, 2.75) is 19.9 Å². The molecule has 7 heteroatoms. The van der Waals surface area contributed by atoms with E-state index in [1.165, 1.54) is 11.1 Å². The lowest BCUT2D eigenvalue weighted by atomic mass is 10.1. The summed E-state index contributed by atoms with van der Waals surface area (Å²) in [7, 11) is 5.26. The second kappa shape index (κ2) is 11.5. The van der Waals surface area contributed by atoms with Crippen LogP contribution in [0.15, 0.2) is 47.7 Å². The van der Waals surface area contributed by atoms with Crippen molar-refractivity contribution in [2.75, 3.05) is 27.7 Å². The molecule has 0 unspecified atom stereocenters. The number of nitrogens with zero attached hydrogens (tertiary/aromatic N) is 3. The number of carbonyl (C=O) groups is 1. The number of nitrogens with one attached hydrogen (secondary N) is 2. The first-order chi connectivity index (χ1) is 12.5. The average Bonchev–Trinajstić information content (AvgIpc) is 2.65. The molecule has 1 heterocycles. The number of aryl methyl sites for hydroxylation is 1. The summed E-state index contributed by atoms with van der Waals surface area (Å²) in [5.41, 5.74) is 4.26. The number of amides is 1. The summed E-state index contributed by atoms with van der Waals surface area (Å²) in [6.07, 6.45) is 4.61. The van der Waals surface area contributed by atoms with Gasteiger partial charge in [0, 0.05) is 52.2 Å². The van der Waals surface area contributed by atoms with Crippen LogP contribution in [0.4, 0.5) is 0 Å². The highest BCUT2D eigenvalue weighted by atomic mass is 127. The molecule has 0 aliphatic carbocycles. The van der Waals surface area contributed by atoms with Gasteiger partial charge in [0.15, 0.2) is 5.96 Å². The summed E-state index contributed by atoms with van der Waals surface area (Å²) in [6.45, 7) is 3.51. The molecule has 0 radical (unpaired) electrons. The zero-order valence-electron chi connectivity index (χ0n) is 16.3. The molecule has 0 bridgehead atoms. The number of rotatable bonds is 6. The molecule has 0 aliphatic heterocycles. The third kappa shape index (κ3) is 7.16. The second-order valence-electron chi connectivity index (χ2n) is 6.30. The summed E-state index contributed by atoms with van der Waals surface area (Å²) < 4.78 is 0. The van der Waals surface area contributed by atoms with E-state index in [1.807, 2.05) is 42.7 Å². The number of hydrogen-bond donors (Lipinski definition) is 2. The molecule has 2 rings (SSSR count). The van der Waals surface area contributed by atoms with E-state index in [1.54, 1.807) is 26.0 Å². The molecule has 1 aromatic heterocycles. The smallest absolute Gasteiger partial charge is 0.253 e. The van der Waals surface area contributed by atoms with E-state index in [0.29, 0.717) is 12.1 Å². The van der Waals surface area contributed by atoms with Gasteiger partial charge >= 0.3 is 0 Å². The van der Waals surface area contributed by atoms with E-state index in [4.69, 9.17) is 0 Å². The lowest BCUT2D eigenvalue weighted by Crippen LogP contribution is -2.37. The molecular weight excluding hydrogens is 453 g/mol. The fourth-order valence-corrected chi connectivity index (χ4v) is 2.53. The van der Waals surface area contributed by atoms with Crippen molar-refractivity contribution in [1.82, 2.24) is 20.5 Å². The summed E-state index contributed by atoms with van der Waals surface area (Å²) in [5, 5.41) is 6.61. The summed E-state index contributed by atoms with van der Waals surface area (Å²) in [6, 6.07) is 9.65. The van der Waals surface area contributed by atoms with Crippen LogP contribution in [0, 0.1) is 6.92 Å². The Labute approximate surface area is 178 Å². The zero-order chi connectivity index (χ0) is 18.9. The van der Waals surface area contributed by atoms with Crippen LogP contribution in [-0.4, -0.2) is 49.4 Å². The molecule has 1 amide bonds. The highest BCUT2D eigenvalue weighted by molar-refractivity contribution is 14.0. The third-order valence-corrected chi connectivity index (χ3v) is 4.11. The van der Waals surface area contributed by atoms with Crippen molar-refractivity contribution in [1.29, 1.82) is 0 Å². The van der Waals surface area contributed by atoms with Gasteiger partial charge in [-0.15, -0.1) is 24.0 Å². The molecule has 0 fully saturated rings. The topological polar surface area (TPSA) is 69.6 Å². The summed E-state index contributed by atoms with van der Waals surface area (Å²) >= 11 is 0. The molecular formula is C20H28IN5O. The Morgan fingerprint density at radius 3 is 2.44 bits per heavy atom. The molecule has 0 atom stereocenters. The highest BCUT2D eigenvalue weighted by Crippen LogP contribution is 2.07. The predicted molar refractivity (Wildman–Crippen MR) is 121 cm³/mol. The first kappa shape index (κ1) is 22.9. The number of hydrogen-bond acceptors (Lipinski definition) is 3. The Hall–Kier alpha value is -2.16. The number of guanidine groups is 1. The van der Waals surface area contributed by atoms with Crippen molar-refractivity contribution in [2.24, 2.45) is 4.99 Å². The van der Waals surface area contributed by atoms with Crippen molar-refractivity contribution in [3.05, 3.63) is 65.0 Å². The van der Waals surface area contributed by atoms with Crippen LogP contribution in [0.3, 0.4) is 0 Å². The monoisotopic (exact) mass is 481 g/mol. The number of halogens is 1. The van der Waals surface area contributed by atoms with Gasteiger partial charge in [-0.3, -0.25) is 14.8 Å². The minimum atomic E-state index is 0. The maximum Gasteiger partial charge on any atom is 0.253 e. The molecule has 2 N–H and O–H groups in total. The molecule has 0 saturated heterocycles. The molecule has 2 aromatic rings. The van der Waals surface area contributed by atoms with Crippen molar-refractivity contribution in [3.63, 3.8) is 0 Å². The zero-order valence-corrected chi connectivity index (χ0v) is 18.7. The van der Waals surface area contributed by atoms with Crippen LogP contribution >= 0.6 is 24.0 Å². The molecule has 146 valence electrons. The van der Waals surface area contributed by atoms with E-state index in [9.17, 15) is 4.79 Å². The Bertz CT molecular complexity index is 759. The summed E-state index contributed by atoms with van der Waals surface area (Å²) in [4.78, 5) is 21.8. The maximum absolute atomic E-state index is 11.9. The van der Waals surface area contributed by atoms with Gasteiger partial charge in [0.1, 0.15) is 0 Å². The Balaban J connectivity index is 0.00000364. The number of benzene rings is 1. The van der Waals surface area contributed by atoms with Crippen LogP contribution in [0.1, 0.15) is 27.0 Å². The van der Waals surface area contributed by atoms with Crippen LogP contribution in [0.25, 0.3) is 0 Å². The van der Waals surface area contributed by atoms with Gasteiger partial charge in [-0.2, -0.15) is 0 Å². The highest BCUT2D eigenvalue weighted by Gasteiger charge is 2.07. The minimum absolute atomic E-state index is 0. The molecule has 0 spiro atoms. The van der Waals surface area contributed by atoms with E-state index < -0.39 is 0 Å². The summed E-state index contributed by atoms with van der Waals surface area (Å²) in [5.74, 6) is 0.763. The lowest BCUT2D eigenvalue weighted by molar-refractivity contribution is 0.0827. The molecule has 6 nitrogen and oxygen atoms in total. The van der Waals surface area contributed by atoms with Crippen LogP contribution in [0.2, 0.25) is 0 Å². The van der Waals surface area contributed by atoms with Crippen LogP contribution in [-0.2, 0) is 13.0 Å². The van der Waals surface area contributed by atoms with Gasteiger partial charge < -0.3 is 15.5 Å². The van der Waals surface area contributed by atoms with E-state index in [2.05, 4.69) is 27.5 Å². The molecule has 0 aliphatic rings. The lowest BCUT2D eigenvalue weighted by Gasteiger charge is -2.13. The van der Waals surface area contributed by atoms with Gasteiger partial charge in [-0.25, -0.2) is 0 Å². The fourth-order valence-electron chi connectivity index (χ4n) is 2.53. The first-order valence-electron chi connectivity index (χ1n) is 8.66. The van der Waals surface area contributed by atoms with Crippen molar-refractivity contribution in [3.8, 4) is 0 Å². The van der Waals surface area contributed by atoms with E-state index in [0.717, 1.165) is 24.5 Å². The van der Waals surface area contributed by atoms with Crippen LogP contribution < -0.4 is 10.6 Å². The minimum Gasteiger partial charge on any atom is -0.356 e. The predicted octanol–water partition coefficient (Wildman–Crippen LogP) is 2.62. The first-order valence-corrected chi connectivity index (χ1v) is 8.66. The average molecular weight is 481 g/mol. The molecule has 27 heavy (non-hydrogen) atoms. The quantitative estimate of drug-likeness (QED) is 0.378. The van der Waals surface area contributed by atoms with Gasteiger partial charge in [0.2, 0.25) is 0 Å². The van der Waals surface area contributed by atoms with Crippen LogP contribution in [0.5, 0.6) is 0 Å². The Morgan fingerprint density at radius 2 is 1.85 bits per heavy atom. The van der Waals surface area contributed by atoms with Crippen molar-refractivity contribution < 1.29 is 4.79 Å². The number of aliphatic imine (C=N–C) groups is 1. The number of pyridine rings is 1. The SMILES string of the molecule is CN=C(NCCc1ccncc1C)NCc1ccc(C(=O)N(C)C)cc1.I. The van der Waals surface area contributed by atoms with E-state index in [-0.39, 0.29) is 29.9 Å². The van der Waals surface area contributed by atoms with Gasteiger partial charge in [-0.1, -0.05) is 12.1 Å². The normalized spacial score (nSPS) is 10.7. The molecule has 1 aromatic carbocycles. The second-order valence-corrected chi connectivity index (χ2v) is 6.30. The van der Waals surface area contributed by atoms with Gasteiger partial charge in [0.25, 0.3) is 5.91 Å². The number of carbonyl (C=O) groups excluding carboxylic acids is 1.